The van der Waals surface area contributed by atoms with E-state index < -0.39 is 0 Å². The maximum absolute atomic E-state index is 10.1. The summed E-state index contributed by atoms with van der Waals surface area (Å²) in [7, 11) is 0. The summed E-state index contributed by atoms with van der Waals surface area (Å²) >= 11 is 19.3. The molecule has 1 heterocycles. The van der Waals surface area contributed by atoms with E-state index in [1.807, 2.05) is 12.1 Å². The highest BCUT2D eigenvalue weighted by atomic mass is 35.5. The van der Waals surface area contributed by atoms with Crippen molar-refractivity contribution >= 4 is 82.3 Å². The molecule has 2 aromatic rings. The van der Waals surface area contributed by atoms with Gasteiger partial charge in [0.25, 0.3) is 0 Å². The van der Waals surface area contributed by atoms with Crippen molar-refractivity contribution in [3.8, 4) is 0 Å². The minimum atomic E-state index is 0. The molecule has 0 spiro atoms. The number of aliphatic hydroxyl groups excluding tert-OH is 1. The summed E-state index contributed by atoms with van der Waals surface area (Å²) in [6.45, 7) is 6.33. The number of halogens is 5. The smallest absolute Gasteiger partial charge is 0.402 e. The number of benzene rings is 2. The van der Waals surface area contributed by atoms with Gasteiger partial charge in [0, 0.05) is 55.6 Å². The minimum Gasteiger partial charge on any atom is -0.455 e. The zero-order valence-corrected chi connectivity index (χ0v) is 21.6. The Morgan fingerprint density at radius 1 is 0.903 bits per heavy atom. The third-order valence-electron chi connectivity index (χ3n) is 4.81. The maximum Gasteiger partial charge on any atom is 0.402 e. The van der Waals surface area contributed by atoms with Gasteiger partial charge in [0.1, 0.15) is 0 Å². The van der Waals surface area contributed by atoms with Crippen molar-refractivity contribution in [1.29, 1.82) is 0 Å². The summed E-state index contributed by atoms with van der Waals surface area (Å²) in [6, 6.07) is 13.3. The fraction of sp³-hybridized carbons (Fsp3) is 0.381. The minimum absolute atomic E-state index is 0. The van der Waals surface area contributed by atoms with Crippen molar-refractivity contribution in [2.75, 3.05) is 38.5 Å². The number of hydrogen-bond acceptors (Lipinski definition) is 3. The molecule has 31 heavy (non-hydrogen) atoms. The van der Waals surface area contributed by atoms with Crippen LogP contribution in [-0.4, -0.2) is 58.6 Å². The number of aliphatic hydroxyl groups is 1. The van der Waals surface area contributed by atoms with Crippen LogP contribution in [-0.2, 0) is 6.54 Å². The summed E-state index contributed by atoms with van der Waals surface area (Å²) < 4.78 is 0. The van der Waals surface area contributed by atoms with E-state index >= 15 is 0 Å². The molecule has 1 saturated heterocycles. The van der Waals surface area contributed by atoms with Crippen molar-refractivity contribution < 1.29 is 10.1 Å². The molecule has 0 unspecified atom stereocenters. The first-order valence-electron chi connectivity index (χ1n) is 9.59. The second kappa shape index (κ2) is 14.7. The van der Waals surface area contributed by atoms with Crippen molar-refractivity contribution in [2.45, 2.75) is 13.0 Å². The third kappa shape index (κ3) is 9.97. The number of piperazine rings is 1. The number of hydrogen-bond donors (Lipinski definition) is 2. The van der Waals surface area contributed by atoms with Gasteiger partial charge in [-0.25, -0.2) is 0 Å². The molecule has 0 aromatic heterocycles. The molecule has 0 atom stereocenters. The summed E-state index contributed by atoms with van der Waals surface area (Å²) in [5, 5.41) is 12.0. The van der Waals surface area contributed by atoms with Crippen LogP contribution in [0, 0.1) is 0 Å². The molecule has 172 valence electrons. The Morgan fingerprint density at radius 2 is 1.55 bits per heavy atom. The Hall–Kier alpha value is -0.370. The van der Waals surface area contributed by atoms with Crippen LogP contribution < -0.4 is 4.99 Å². The summed E-state index contributed by atoms with van der Waals surface area (Å²) in [4.78, 5) is 7.91. The predicted octanol–water partition coefficient (Wildman–Crippen LogP) is 5.06. The molecule has 0 saturated carbocycles. The first kappa shape index (κ1) is 28.7. The third-order valence-corrected chi connectivity index (χ3v) is 6.67. The van der Waals surface area contributed by atoms with Gasteiger partial charge in [-0.15, -0.1) is 24.8 Å². The van der Waals surface area contributed by atoms with Gasteiger partial charge in [0.05, 0.1) is 10.0 Å². The van der Waals surface area contributed by atoms with Gasteiger partial charge in [-0.3, -0.25) is 4.90 Å². The van der Waals surface area contributed by atoms with E-state index in [2.05, 4.69) is 26.9 Å². The molecule has 10 heteroatoms. The highest BCUT2D eigenvalue weighted by molar-refractivity contribution is 8.13. The normalized spacial score (nSPS) is 15.3. The van der Waals surface area contributed by atoms with E-state index in [1.54, 1.807) is 18.2 Å². The number of nitrogens with one attached hydrogen (secondary N) is 1. The fourth-order valence-electron chi connectivity index (χ4n) is 3.21. The van der Waals surface area contributed by atoms with Crippen molar-refractivity contribution in [3.63, 3.8) is 0 Å². The lowest BCUT2D eigenvalue weighted by Gasteiger charge is -2.34. The first-order chi connectivity index (χ1) is 14.0. The van der Waals surface area contributed by atoms with Gasteiger partial charge < -0.3 is 10.0 Å². The summed E-state index contributed by atoms with van der Waals surface area (Å²) in [5.41, 5.74) is 2.03. The van der Waals surface area contributed by atoms with E-state index in [9.17, 15) is 5.11 Å². The van der Waals surface area contributed by atoms with E-state index in [-0.39, 0.29) is 30.0 Å². The number of nitrogens with zero attached hydrogens (tertiary/aromatic N) is 2. The largest absolute Gasteiger partial charge is 0.455 e. The van der Waals surface area contributed by atoms with Crippen LogP contribution in [0.4, 0.5) is 5.69 Å². The second-order valence-electron chi connectivity index (χ2n) is 7.01. The first-order valence-corrected chi connectivity index (χ1v) is 11.7. The summed E-state index contributed by atoms with van der Waals surface area (Å²) in [5.74, 6) is 0.852. The lowest BCUT2D eigenvalue weighted by Crippen LogP contribution is -2.65. The number of thioether (sulfide) groups is 1. The molecule has 2 aromatic carbocycles. The maximum atomic E-state index is 10.1. The van der Waals surface area contributed by atoms with E-state index in [0.717, 1.165) is 62.2 Å². The molecule has 1 aliphatic heterocycles. The molecule has 4 nitrogen and oxygen atoms in total. The Kier molecular flexibility index (Phi) is 13.6. The molecular formula is C21H27Cl5N3OS+. The van der Waals surface area contributed by atoms with Crippen LogP contribution in [0.15, 0.2) is 42.5 Å². The lowest BCUT2D eigenvalue weighted by molar-refractivity contribution is -0.360. The van der Waals surface area contributed by atoms with Crippen molar-refractivity contribution in [1.82, 2.24) is 9.80 Å². The highest BCUT2D eigenvalue weighted by Gasteiger charge is 2.17. The van der Waals surface area contributed by atoms with Crippen LogP contribution in [0.25, 0.3) is 0 Å². The molecule has 2 N–H and O–H groups in total. The highest BCUT2D eigenvalue weighted by Crippen LogP contribution is 2.22. The Morgan fingerprint density at radius 3 is 2.19 bits per heavy atom. The van der Waals surface area contributed by atoms with Crippen LogP contribution >= 0.6 is 71.4 Å². The van der Waals surface area contributed by atoms with Crippen LogP contribution in [0.5, 0.6) is 0 Å². The van der Waals surface area contributed by atoms with Gasteiger partial charge in [-0.2, -0.15) is 4.99 Å². The topological polar surface area (TPSA) is 40.7 Å². The molecule has 0 aliphatic carbocycles. The Labute approximate surface area is 215 Å². The van der Waals surface area contributed by atoms with E-state index in [4.69, 9.17) is 34.8 Å². The monoisotopic (exact) mass is 544 g/mol. The zero-order chi connectivity index (χ0) is 20.6. The molecule has 0 amide bonds. The fourth-order valence-corrected chi connectivity index (χ4v) is 4.29. The molecule has 1 aliphatic rings. The predicted molar refractivity (Wildman–Crippen MR) is 139 cm³/mol. The zero-order valence-electron chi connectivity index (χ0n) is 16.9. The van der Waals surface area contributed by atoms with Gasteiger partial charge in [-0.1, -0.05) is 46.9 Å². The molecule has 0 radical (unpaired) electrons. The number of rotatable bonds is 7. The van der Waals surface area contributed by atoms with Crippen LogP contribution in [0.2, 0.25) is 15.1 Å². The Bertz CT molecular complexity index is 830. The van der Waals surface area contributed by atoms with Gasteiger partial charge in [-0.05, 0) is 48.5 Å². The quantitative estimate of drug-likeness (QED) is 0.290. The average molecular weight is 547 g/mol. The Balaban J connectivity index is 0.00000240. The van der Waals surface area contributed by atoms with E-state index in [1.165, 1.54) is 17.3 Å². The average Bonchev–Trinajstić information content (AvgIpc) is 2.71. The molecule has 0 bridgehead atoms. The molecule has 1 fully saturated rings. The van der Waals surface area contributed by atoms with Gasteiger partial charge >= 0.3 is 5.23 Å². The lowest BCUT2D eigenvalue weighted by atomic mass is 10.2. The van der Waals surface area contributed by atoms with Crippen molar-refractivity contribution in [3.05, 3.63) is 63.1 Å². The summed E-state index contributed by atoms with van der Waals surface area (Å²) in [6.07, 6.45) is 1.02. The van der Waals surface area contributed by atoms with Gasteiger partial charge in [0.2, 0.25) is 5.69 Å². The van der Waals surface area contributed by atoms with Crippen LogP contribution in [0.1, 0.15) is 12.0 Å². The van der Waals surface area contributed by atoms with Crippen LogP contribution in [0.3, 0.4) is 0 Å². The standard InChI is InChI=1S/C21H24Cl3N3OS.2ClH/c22-17-4-2-16(3-5-17)15-27-11-9-26(10-12-27)8-1-13-29-21(28)25-18-6-7-19(23)20(24)14-18;;/h2-7,14H,1,8-13,15H2,(H,25,28);2*1H/p+1. The van der Waals surface area contributed by atoms with Gasteiger partial charge in [0.15, 0.2) is 0 Å². The van der Waals surface area contributed by atoms with E-state index in [0.29, 0.717) is 10.0 Å². The second-order valence-corrected chi connectivity index (χ2v) is 9.34. The van der Waals surface area contributed by atoms with Crippen molar-refractivity contribution in [2.24, 2.45) is 0 Å². The molecule has 3 rings (SSSR count). The SMILES string of the molecule is Cl.Cl.OC(=[NH+]c1ccc(Cl)c(Cl)c1)SCCCN1CCN(Cc2ccc(Cl)cc2)CC1. The molecular weight excluding hydrogens is 520 g/mol.